The van der Waals surface area contributed by atoms with E-state index in [1.54, 1.807) is 11.3 Å². The third-order valence-electron chi connectivity index (χ3n) is 3.37. The normalized spacial score (nSPS) is 12.6. The van der Waals surface area contributed by atoms with Crippen molar-refractivity contribution in [2.75, 3.05) is 6.54 Å². The maximum atomic E-state index is 6.13. The smallest absolute Gasteiger partial charge is 0.0409 e. The van der Waals surface area contributed by atoms with Crippen LogP contribution in [0.5, 0.6) is 0 Å². The van der Waals surface area contributed by atoms with Crippen molar-refractivity contribution in [3.8, 4) is 0 Å². The molecule has 2 aromatic rings. The highest BCUT2D eigenvalue weighted by Crippen LogP contribution is 2.26. The fraction of sp³-hybridized carbons (Fsp3) is 0.375. The Balaban J connectivity index is 2.12. The molecule has 0 aliphatic carbocycles. The van der Waals surface area contributed by atoms with Crippen LogP contribution < -0.4 is 5.32 Å². The summed E-state index contributed by atoms with van der Waals surface area (Å²) >= 11 is 7.90. The fourth-order valence-electron chi connectivity index (χ4n) is 2.35. The van der Waals surface area contributed by atoms with Crippen LogP contribution in [-0.4, -0.2) is 6.54 Å². The van der Waals surface area contributed by atoms with E-state index in [9.17, 15) is 0 Å². The number of aryl methyl sites for hydroxylation is 2. The van der Waals surface area contributed by atoms with Gasteiger partial charge in [-0.15, -0.1) is 0 Å². The predicted molar refractivity (Wildman–Crippen MR) is 85.2 cm³/mol. The van der Waals surface area contributed by atoms with Crippen LogP contribution in [0.3, 0.4) is 0 Å². The summed E-state index contributed by atoms with van der Waals surface area (Å²) in [4.78, 5) is 0. The fourth-order valence-corrected chi connectivity index (χ4v) is 3.23. The Bertz CT molecular complexity index is 507. The summed E-state index contributed by atoms with van der Waals surface area (Å²) in [5.74, 6) is 0. The predicted octanol–water partition coefficient (Wildman–Crippen LogP) is 4.99. The molecule has 0 saturated heterocycles. The lowest BCUT2D eigenvalue weighted by Gasteiger charge is -2.20. The topological polar surface area (TPSA) is 12.0 Å². The van der Waals surface area contributed by atoms with Crippen molar-refractivity contribution >= 4 is 22.9 Å². The molecule has 1 N–H and O–H groups in total. The van der Waals surface area contributed by atoms with E-state index in [0.717, 1.165) is 24.4 Å². The zero-order chi connectivity index (χ0) is 13.7. The number of benzene rings is 1. The summed E-state index contributed by atoms with van der Waals surface area (Å²) in [5.41, 5.74) is 4.05. The monoisotopic (exact) mass is 293 g/mol. The van der Waals surface area contributed by atoms with Gasteiger partial charge >= 0.3 is 0 Å². The van der Waals surface area contributed by atoms with Crippen molar-refractivity contribution in [2.45, 2.75) is 32.7 Å². The molecule has 1 atom stereocenters. The van der Waals surface area contributed by atoms with E-state index in [1.165, 1.54) is 16.7 Å². The highest BCUT2D eigenvalue weighted by Gasteiger charge is 2.13. The number of nitrogens with one attached hydrogen (secondary N) is 1. The number of hydrogen-bond acceptors (Lipinski definition) is 2. The molecular weight excluding hydrogens is 274 g/mol. The van der Waals surface area contributed by atoms with Gasteiger partial charge in [0.1, 0.15) is 0 Å². The van der Waals surface area contributed by atoms with Gasteiger partial charge in [-0.3, -0.25) is 0 Å². The molecule has 1 heterocycles. The maximum Gasteiger partial charge on any atom is 0.0409 e. The first kappa shape index (κ1) is 14.6. The van der Waals surface area contributed by atoms with Crippen LogP contribution in [0.25, 0.3) is 0 Å². The quantitative estimate of drug-likeness (QED) is 0.791. The summed E-state index contributed by atoms with van der Waals surface area (Å²) in [5, 5.41) is 8.76. The largest absolute Gasteiger partial charge is 0.310 e. The molecule has 0 bridgehead atoms. The van der Waals surface area contributed by atoms with E-state index >= 15 is 0 Å². The Hall–Kier alpha value is -0.830. The van der Waals surface area contributed by atoms with Gasteiger partial charge in [-0.2, -0.15) is 11.3 Å². The first-order chi connectivity index (χ1) is 9.20. The van der Waals surface area contributed by atoms with Crippen molar-refractivity contribution in [1.82, 2.24) is 5.32 Å². The van der Waals surface area contributed by atoms with Gasteiger partial charge in [0.2, 0.25) is 0 Å². The van der Waals surface area contributed by atoms with Gasteiger partial charge in [-0.25, -0.2) is 0 Å². The van der Waals surface area contributed by atoms with E-state index in [0.29, 0.717) is 6.04 Å². The molecule has 0 fully saturated rings. The Morgan fingerprint density at radius 2 is 2.16 bits per heavy atom. The molecule has 3 heteroatoms. The Morgan fingerprint density at radius 1 is 1.32 bits per heavy atom. The molecule has 0 radical (unpaired) electrons. The molecule has 0 spiro atoms. The Kier molecular flexibility index (Phi) is 5.44. The molecule has 2 rings (SSSR count). The van der Waals surface area contributed by atoms with Crippen LogP contribution in [0, 0.1) is 6.92 Å². The minimum absolute atomic E-state index is 0.378. The molecule has 0 aliphatic rings. The number of rotatable bonds is 6. The number of hydrogen-bond donors (Lipinski definition) is 1. The third-order valence-corrected chi connectivity index (χ3v) is 4.34. The van der Waals surface area contributed by atoms with Crippen molar-refractivity contribution in [1.29, 1.82) is 0 Å². The second-order valence-electron chi connectivity index (χ2n) is 4.78. The third kappa shape index (κ3) is 4.07. The van der Waals surface area contributed by atoms with E-state index in [1.807, 2.05) is 6.07 Å². The Labute approximate surface area is 124 Å². The number of halogens is 1. The lowest BCUT2D eigenvalue weighted by molar-refractivity contribution is 0.513. The second-order valence-corrected chi connectivity index (χ2v) is 6.00. The summed E-state index contributed by atoms with van der Waals surface area (Å²) in [6, 6.07) is 8.74. The van der Waals surface area contributed by atoms with Gasteiger partial charge in [0.05, 0.1) is 0 Å². The maximum absolute atomic E-state index is 6.13. The van der Waals surface area contributed by atoms with Gasteiger partial charge in [0.25, 0.3) is 0 Å². The minimum Gasteiger partial charge on any atom is -0.310 e. The summed E-state index contributed by atoms with van der Waals surface area (Å²) in [6.07, 6.45) is 2.21. The molecule has 1 unspecified atom stereocenters. The van der Waals surface area contributed by atoms with Crippen molar-refractivity contribution in [3.63, 3.8) is 0 Å². The molecule has 0 saturated carbocycles. The van der Waals surface area contributed by atoms with Crippen LogP contribution >= 0.6 is 22.9 Å². The van der Waals surface area contributed by atoms with Crippen LogP contribution in [-0.2, 0) is 6.42 Å². The first-order valence-electron chi connectivity index (χ1n) is 6.71. The molecule has 1 aromatic carbocycles. The lowest BCUT2D eigenvalue weighted by Crippen LogP contribution is -2.22. The van der Waals surface area contributed by atoms with Crippen molar-refractivity contribution < 1.29 is 0 Å². The molecule has 19 heavy (non-hydrogen) atoms. The van der Waals surface area contributed by atoms with E-state index in [4.69, 9.17) is 11.6 Å². The van der Waals surface area contributed by atoms with Gasteiger partial charge < -0.3 is 5.32 Å². The molecule has 0 amide bonds. The molecule has 102 valence electrons. The van der Waals surface area contributed by atoms with Gasteiger partial charge in [0, 0.05) is 11.1 Å². The number of thiophene rings is 1. The Morgan fingerprint density at radius 3 is 2.84 bits per heavy atom. The standard InChI is InChI=1S/C16H20ClNS/c1-3-18-16(7-5-13-8-9-19-11-13)15-10-14(17)6-4-12(15)2/h4,6,8-11,16,18H,3,5,7H2,1-2H3. The van der Waals surface area contributed by atoms with Gasteiger partial charge in [0.15, 0.2) is 0 Å². The zero-order valence-electron chi connectivity index (χ0n) is 11.4. The lowest BCUT2D eigenvalue weighted by atomic mass is 9.96. The summed E-state index contributed by atoms with van der Waals surface area (Å²) in [6.45, 7) is 5.28. The average Bonchev–Trinajstić information content (AvgIpc) is 2.91. The van der Waals surface area contributed by atoms with Crippen molar-refractivity contribution in [2.24, 2.45) is 0 Å². The highest BCUT2D eigenvalue weighted by molar-refractivity contribution is 7.07. The molecular formula is C16H20ClNS. The molecule has 1 nitrogen and oxygen atoms in total. The van der Waals surface area contributed by atoms with Crippen molar-refractivity contribution in [3.05, 3.63) is 56.7 Å². The van der Waals surface area contributed by atoms with E-state index < -0.39 is 0 Å². The SMILES string of the molecule is CCNC(CCc1ccsc1)c1cc(Cl)ccc1C. The van der Waals surface area contributed by atoms with Gasteiger partial charge in [-0.05, 0) is 72.0 Å². The van der Waals surface area contributed by atoms with Crippen LogP contribution in [0.4, 0.5) is 0 Å². The van der Waals surface area contributed by atoms with E-state index in [-0.39, 0.29) is 0 Å². The highest BCUT2D eigenvalue weighted by atomic mass is 35.5. The van der Waals surface area contributed by atoms with Crippen LogP contribution in [0.1, 0.15) is 36.1 Å². The van der Waals surface area contributed by atoms with E-state index in [2.05, 4.69) is 48.1 Å². The zero-order valence-corrected chi connectivity index (χ0v) is 13.0. The summed E-state index contributed by atoms with van der Waals surface area (Å²) in [7, 11) is 0. The average molecular weight is 294 g/mol. The minimum atomic E-state index is 0.378. The molecule has 1 aromatic heterocycles. The van der Waals surface area contributed by atoms with Crippen LogP contribution in [0.15, 0.2) is 35.0 Å². The molecule has 0 aliphatic heterocycles. The first-order valence-corrected chi connectivity index (χ1v) is 8.03. The van der Waals surface area contributed by atoms with Gasteiger partial charge in [-0.1, -0.05) is 24.6 Å². The second kappa shape index (κ2) is 7.09. The van der Waals surface area contributed by atoms with Crippen LogP contribution in [0.2, 0.25) is 5.02 Å². The summed E-state index contributed by atoms with van der Waals surface area (Å²) < 4.78 is 0.